The van der Waals surface area contributed by atoms with Gasteiger partial charge < -0.3 is 15.8 Å². The fraction of sp³-hybridized carbons (Fsp3) is 0.320. The minimum atomic E-state index is -0.110. The lowest BCUT2D eigenvalue weighted by Crippen LogP contribution is -2.31. The molecule has 3 N–H and O–H groups in total. The van der Waals surface area contributed by atoms with Crippen molar-refractivity contribution in [1.82, 2.24) is 15.0 Å². The van der Waals surface area contributed by atoms with Gasteiger partial charge in [0.1, 0.15) is 17.1 Å². The first-order chi connectivity index (χ1) is 15.8. The highest BCUT2D eigenvalue weighted by molar-refractivity contribution is 9.10. The molecule has 4 aromatic rings. The van der Waals surface area contributed by atoms with Gasteiger partial charge in [-0.15, -0.1) is 11.3 Å². The summed E-state index contributed by atoms with van der Waals surface area (Å²) >= 11 is 5.53. The molecule has 3 aromatic heterocycles. The van der Waals surface area contributed by atoms with E-state index in [2.05, 4.69) is 53.1 Å². The van der Waals surface area contributed by atoms with Crippen LogP contribution in [0, 0.1) is 0 Å². The first kappa shape index (κ1) is 23.6. The quantitative estimate of drug-likeness (QED) is 0.317. The van der Waals surface area contributed by atoms with Crippen molar-refractivity contribution in [3.8, 4) is 17.1 Å². The van der Waals surface area contributed by atoms with Gasteiger partial charge in [0.2, 0.25) is 0 Å². The fourth-order valence-corrected chi connectivity index (χ4v) is 6.05. The Bertz CT molecular complexity index is 1250. The van der Waals surface area contributed by atoms with Gasteiger partial charge in [-0.25, -0.2) is 9.97 Å². The van der Waals surface area contributed by atoms with Crippen LogP contribution in [0.3, 0.4) is 0 Å². The van der Waals surface area contributed by atoms with Gasteiger partial charge in [0.25, 0.3) is 0 Å². The summed E-state index contributed by atoms with van der Waals surface area (Å²) in [5.74, 6) is 2.31. The highest BCUT2D eigenvalue weighted by atomic mass is 79.9. The minimum Gasteiger partial charge on any atom is -0.496 e. The molecule has 4 rings (SSSR count). The van der Waals surface area contributed by atoms with Crippen LogP contribution in [0.25, 0.3) is 21.6 Å². The van der Waals surface area contributed by atoms with Crippen LogP contribution in [0.2, 0.25) is 0 Å². The summed E-state index contributed by atoms with van der Waals surface area (Å²) in [6.07, 6.45) is 4.20. The number of thiophene rings is 1. The third kappa shape index (κ3) is 5.18. The second-order valence-corrected chi connectivity index (χ2v) is 10.8. The molecule has 0 amide bonds. The third-order valence-electron chi connectivity index (χ3n) is 5.30. The molecule has 0 aliphatic carbocycles. The summed E-state index contributed by atoms with van der Waals surface area (Å²) < 4.78 is 7.52. The molecule has 0 bridgehead atoms. The van der Waals surface area contributed by atoms with Crippen molar-refractivity contribution in [2.24, 2.45) is 5.73 Å². The van der Waals surface area contributed by atoms with Crippen LogP contribution >= 0.6 is 27.3 Å². The van der Waals surface area contributed by atoms with Crippen molar-refractivity contribution >= 4 is 43.3 Å². The number of nitrogens with zero attached hydrogens (tertiary/aromatic N) is 3. The van der Waals surface area contributed by atoms with E-state index in [9.17, 15) is 0 Å². The lowest BCUT2D eigenvalue weighted by Gasteiger charge is -2.16. The van der Waals surface area contributed by atoms with Crippen molar-refractivity contribution in [3.05, 3.63) is 63.7 Å². The van der Waals surface area contributed by atoms with Crippen LogP contribution in [-0.2, 0) is 11.8 Å². The topological polar surface area (TPSA) is 86.0 Å². The van der Waals surface area contributed by atoms with Gasteiger partial charge in [-0.05, 0) is 51.5 Å². The Morgan fingerprint density at radius 1 is 1.12 bits per heavy atom. The summed E-state index contributed by atoms with van der Waals surface area (Å²) in [5, 5.41) is 3.50. The Hall–Kier alpha value is -2.55. The molecule has 1 aromatic carbocycles. The van der Waals surface area contributed by atoms with E-state index < -0.39 is 0 Å². The normalized spacial score (nSPS) is 12.7. The maximum Gasteiger partial charge on any atom is 0.162 e. The van der Waals surface area contributed by atoms with Crippen molar-refractivity contribution < 1.29 is 4.74 Å². The first-order valence-electron chi connectivity index (χ1n) is 10.8. The number of fused-ring (bicyclic) bond motifs is 1. The molecule has 0 saturated heterocycles. The van der Waals surface area contributed by atoms with Gasteiger partial charge in [0.05, 0.1) is 16.3 Å². The Kier molecular flexibility index (Phi) is 6.97. The van der Waals surface area contributed by atoms with Gasteiger partial charge >= 0.3 is 0 Å². The van der Waals surface area contributed by atoms with Crippen LogP contribution in [0.1, 0.15) is 31.2 Å². The number of halogens is 1. The Balaban J connectivity index is 1.68. The van der Waals surface area contributed by atoms with Crippen LogP contribution in [0.15, 0.2) is 53.3 Å². The average molecular weight is 527 g/mol. The maximum absolute atomic E-state index is 6.50. The maximum atomic E-state index is 6.50. The van der Waals surface area contributed by atoms with E-state index in [1.54, 1.807) is 30.8 Å². The van der Waals surface area contributed by atoms with Gasteiger partial charge in [-0.2, -0.15) is 0 Å². The molecule has 8 heteroatoms. The molecule has 172 valence electrons. The number of pyridine rings is 1. The molecule has 1 atom stereocenters. The number of hydrogen-bond acceptors (Lipinski definition) is 7. The second kappa shape index (κ2) is 9.75. The molecule has 0 fully saturated rings. The van der Waals surface area contributed by atoms with E-state index in [-0.39, 0.29) is 11.5 Å². The largest absolute Gasteiger partial charge is 0.496 e. The number of aromatic nitrogens is 3. The number of rotatable bonds is 7. The summed E-state index contributed by atoms with van der Waals surface area (Å²) in [6.45, 7) is 7.18. The van der Waals surface area contributed by atoms with E-state index in [0.29, 0.717) is 18.8 Å². The van der Waals surface area contributed by atoms with Gasteiger partial charge in [-0.3, -0.25) is 4.98 Å². The number of nitrogens with one attached hydrogen (secondary N) is 1. The van der Waals surface area contributed by atoms with Gasteiger partial charge in [-0.1, -0.05) is 39.0 Å². The fourth-order valence-electron chi connectivity index (χ4n) is 3.64. The van der Waals surface area contributed by atoms with E-state index in [0.717, 1.165) is 37.4 Å². The zero-order chi connectivity index (χ0) is 23.6. The number of anilines is 1. The Morgan fingerprint density at radius 3 is 2.55 bits per heavy atom. The molecule has 6 nitrogen and oxygen atoms in total. The van der Waals surface area contributed by atoms with Crippen molar-refractivity contribution in [1.29, 1.82) is 0 Å². The van der Waals surface area contributed by atoms with E-state index in [4.69, 9.17) is 20.4 Å². The van der Waals surface area contributed by atoms with E-state index >= 15 is 0 Å². The average Bonchev–Trinajstić information content (AvgIpc) is 3.15. The van der Waals surface area contributed by atoms with E-state index in [1.807, 2.05) is 30.3 Å². The molecular weight excluding hydrogens is 498 g/mol. The second-order valence-electron chi connectivity index (χ2n) is 8.96. The standard InChI is InChI=1S/C25H28BrN5OS/c1-25(2,3)22-19(26)20-21(33-22)24(31-23(30-20)15-9-11-28-12-10-15)29-14-17(27)13-16-7-5-6-8-18(16)32-4/h5-12,17H,13-14,27H2,1-4H3,(H,29,30,31). The summed E-state index contributed by atoms with van der Waals surface area (Å²) in [6, 6.07) is 11.7. The van der Waals surface area contributed by atoms with Gasteiger partial charge in [0, 0.05) is 35.4 Å². The monoisotopic (exact) mass is 525 g/mol. The number of methoxy groups -OCH3 is 1. The van der Waals surface area contributed by atoms with Crippen LogP contribution < -0.4 is 15.8 Å². The van der Waals surface area contributed by atoms with Crippen molar-refractivity contribution in [3.63, 3.8) is 0 Å². The molecule has 0 aliphatic rings. The molecule has 0 spiro atoms. The molecular formula is C25H28BrN5OS. The number of benzene rings is 1. The highest BCUT2D eigenvalue weighted by Crippen LogP contribution is 2.44. The van der Waals surface area contributed by atoms with Crippen LogP contribution in [0.5, 0.6) is 5.75 Å². The smallest absolute Gasteiger partial charge is 0.162 e. The minimum absolute atomic E-state index is 0.0153. The molecule has 1 unspecified atom stereocenters. The predicted molar refractivity (Wildman–Crippen MR) is 140 cm³/mol. The zero-order valence-corrected chi connectivity index (χ0v) is 21.6. The van der Waals surface area contributed by atoms with Crippen LogP contribution in [-0.4, -0.2) is 34.6 Å². The number of nitrogens with two attached hydrogens (primary N) is 1. The van der Waals surface area contributed by atoms with Crippen molar-refractivity contribution in [2.75, 3.05) is 19.0 Å². The Morgan fingerprint density at radius 2 is 1.85 bits per heavy atom. The summed E-state index contributed by atoms with van der Waals surface area (Å²) in [5.41, 5.74) is 9.40. The lowest BCUT2D eigenvalue weighted by molar-refractivity contribution is 0.408. The molecule has 0 aliphatic heterocycles. The number of ether oxygens (including phenoxy) is 1. The number of para-hydroxylation sites is 1. The van der Waals surface area contributed by atoms with E-state index in [1.165, 1.54) is 4.88 Å². The zero-order valence-electron chi connectivity index (χ0n) is 19.2. The first-order valence-corrected chi connectivity index (χ1v) is 12.4. The SMILES string of the molecule is COc1ccccc1CC(N)CNc1nc(-c2ccncc2)nc2c(Br)c(C(C)(C)C)sc12. The highest BCUT2D eigenvalue weighted by Gasteiger charge is 2.25. The molecule has 3 heterocycles. The third-order valence-corrected chi connectivity index (χ3v) is 7.95. The van der Waals surface area contributed by atoms with Gasteiger partial charge in [0.15, 0.2) is 5.82 Å². The molecule has 0 saturated carbocycles. The molecule has 33 heavy (non-hydrogen) atoms. The molecule has 0 radical (unpaired) electrons. The van der Waals surface area contributed by atoms with Crippen LogP contribution in [0.4, 0.5) is 5.82 Å². The lowest BCUT2D eigenvalue weighted by atomic mass is 9.95. The van der Waals surface area contributed by atoms with Crippen molar-refractivity contribution in [2.45, 2.75) is 38.6 Å². The Labute approximate surface area is 206 Å². The summed E-state index contributed by atoms with van der Waals surface area (Å²) in [7, 11) is 1.68. The summed E-state index contributed by atoms with van der Waals surface area (Å²) in [4.78, 5) is 15.1. The number of hydrogen-bond donors (Lipinski definition) is 2. The predicted octanol–water partition coefficient (Wildman–Crippen LogP) is 5.80.